The molecule has 88 valence electrons. The maximum Gasteiger partial charge on any atom is 0.267 e. The van der Waals surface area contributed by atoms with E-state index in [9.17, 15) is 4.79 Å². The highest BCUT2D eigenvalue weighted by atomic mass is 79.9. The summed E-state index contributed by atoms with van der Waals surface area (Å²) in [6.07, 6.45) is 2.91. The number of amides is 1. The molecule has 4 nitrogen and oxygen atoms in total. The van der Waals surface area contributed by atoms with E-state index in [0.717, 1.165) is 0 Å². The molecule has 0 saturated heterocycles. The lowest BCUT2D eigenvalue weighted by Crippen LogP contribution is -2.32. The second kappa shape index (κ2) is 5.32. The summed E-state index contributed by atoms with van der Waals surface area (Å²) in [6.45, 7) is 5.54. The Bertz CT molecular complexity index is 390. The summed E-state index contributed by atoms with van der Waals surface area (Å²) < 4.78 is 5.81. The lowest BCUT2D eigenvalue weighted by atomic mass is 10.2. The first kappa shape index (κ1) is 13.0. The van der Waals surface area contributed by atoms with Crippen LogP contribution in [0.2, 0.25) is 0 Å². The normalized spacial score (nSPS) is 12.0. The van der Waals surface area contributed by atoms with Crippen LogP contribution in [0.4, 0.5) is 0 Å². The molecule has 0 aliphatic heterocycles. The Hall–Kier alpha value is -1.07. The minimum absolute atomic E-state index is 0.331. The van der Waals surface area contributed by atoms with Gasteiger partial charge in [-0.15, -0.1) is 0 Å². The van der Waals surface area contributed by atoms with Gasteiger partial charge in [0.05, 0.1) is 5.60 Å². The Kier molecular flexibility index (Phi) is 4.32. The van der Waals surface area contributed by atoms with E-state index in [4.69, 9.17) is 9.25 Å². The van der Waals surface area contributed by atoms with Crippen molar-refractivity contribution >= 4 is 27.9 Å². The Morgan fingerprint density at radius 3 is 2.69 bits per heavy atom. The summed E-state index contributed by atoms with van der Waals surface area (Å²) in [7, 11) is 0. The van der Waals surface area contributed by atoms with Gasteiger partial charge in [0, 0.05) is 6.08 Å². The molecule has 5 heteroatoms. The second-order valence-corrected chi connectivity index (χ2v) is 4.94. The molecule has 1 amide bonds. The highest BCUT2D eigenvalue weighted by Gasteiger charge is 2.11. The largest absolute Gasteiger partial charge is 0.450 e. The van der Waals surface area contributed by atoms with Crippen LogP contribution in [-0.2, 0) is 9.63 Å². The minimum Gasteiger partial charge on any atom is -0.450 e. The summed E-state index contributed by atoms with van der Waals surface area (Å²) >= 11 is 3.17. The molecule has 0 aromatic carbocycles. The molecule has 0 fully saturated rings. The highest BCUT2D eigenvalue weighted by molar-refractivity contribution is 9.10. The van der Waals surface area contributed by atoms with Crippen molar-refractivity contribution in [2.45, 2.75) is 26.4 Å². The van der Waals surface area contributed by atoms with Gasteiger partial charge in [-0.05, 0) is 54.9 Å². The topological polar surface area (TPSA) is 51.5 Å². The summed E-state index contributed by atoms with van der Waals surface area (Å²) in [5.74, 6) is 0.264. The number of furan rings is 1. The van der Waals surface area contributed by atoms with Gasteiger partial charge < -0.3 is 4.42 Å². The van der Waals surface area contributed by atoms with Crippen molar-refractivity contribution in [3.8, 4) is 0 Å². The first-order chi connectivity index (χ1) is 7.37. The zero-order valence-corrected chi connectivity index (χ0v) is 11.0. The fraction of sp³-hybridized carbons (Fsp3) is 0.364. The standard InChI is InChI=1S/C11H14BrNO3/c1-11(2,3)16-13-10(14)7-5-8-4-6-9(12)15-8/h4-7H,1-3H3,(H,13,14)/b7-5+. The molecule has 0 spiro atoms. The van der Waals surface area contributed by atoms with E-state index in [1.54, 1.807) is 18.2 Å². The highest BCUT2D eigenvalue weighted by Crippen LogP contribution is 2.14. The Labute approximate surface area is 103 Å². The SMILES string of the molecule is CC(C)(C)ONC(=O)/C=C/c1ccc(Br)o1. The number of nitrogens with one attached hydrogen (secondary N) is 1. The number of hydrogen-bond acceptors (Lipinski definition) is 3. The number of hydroxylamine groups is 1. The second-order valence-electron chi connectivity index (χ2n) is 4.16. The van der Waals surface area contributed by atoms with Crippen LogP contribution >= 0.6 is 15.9 Å². The smallest absolute Gasteiger partial charge is 0.267 e. The van der Waals surface area contributed by atoms with Gasteiger partial charge in [0.2, 0.25) is 0 Å². The Morgan fingerprint density at radius 1 is 1.50 bits per heavy atom. The van der Waals surface area contributed by atoms with Gasteiger partial charge in [0.25, 0.3) is 5.91 Å². The first-order valence-corrected chi connectivity index (χ1v) is 5.57. The molecule has 0 atom stereocenters. The van der Waals surface area contributed by atoms with Gasteiger partial charge in [-0.25, -0.2) is 5.48 Å². The van der Waals surface area contributed by atoms with Crippen molar-refractivity contribution in [3.63, 3.8) is 0 Å². The van der Waals surface area contributed by atoms with E-state index >= 15 is 0 Å². The number of halogens is 1. The van der Waals surface area contributed by atoms with Gasteiger partial charge in [-0.1, -0.05) is 0 Å². The lowest BCUT2D eigenvalue weighted by Gasteiger charge is -2.17. The quantitative estimate of drug-likeness (QED) is 0.687. The first-order valence-electron chi connectivity index (χ1n) is 4.78. The third-order valence-electron chi connectivity index (χ3n) is 1.45. The Morgan fingerprint density at radius 2 is 2.19 bits per heavy atom. The third-order valence-corrected chi connectivity index (χ3v) is 1.88. The summed E-state index contributed by atoms with van der Waals surface area (Å²) in [6, 6.07) is 3.50. The van der Waals surface area contributed by atoms with Crippen LogP contribution in [0.3, 0.4) is 0 Å². The van der Waals surface area contributed by atoms with Gasteiger partial charge >= 0.3 is 0 Å². The molecule has 0 aliphatic carbocycles. The maximum absolute atomic E-state index is 11.3. The van der Waals surface area contributed by atoms with Crippen molar-refractivity contribution in [1.82, 2.24) is 5.48 Å². The number of carbonyl (C=O) groups is 1. The van der Waals surface area contributed by atoms with Crippen LogP contribution < -0.4 is 5.48 Å². The molecule has 1 heterocycles. The van der Waals surface area contributed by atoms with Crippen molar-refractivity contribution in [3.05, 3.63) is 28.6 Å². The average Bonchev–Trinajstić information content (AvgIpc) is 2.57. The summed E-state index contributed by atoms with van der Waals surface area (Å²) in [4.78, 5) is 16.4. The number of rotatable bonds is 3. The third kappa shape index (κ3) is 5.14. The van der Waals surface area contributed by atoms with Crippen LogP contribution in [-0.4, -0.2) is 11.5 Å². The number of hydrogen-bond donors (Lipinski definition) is 1. The van der Waals surface area contributed by atoms with E-state index in [2.05, 4.69) is 21.4 Å². The van der Waals surface area contributed by atoms with Crippen LogP contribution in [0.1, 0.15) is 26.5 Å². The molecule has 0 saturated carbocycles. The predicted molar refractivity (Wildman–Crippen MR) is 64.4 cm³/mol. The molecule has 0 unspecified atom stereocenters. The van der Waals surface area contributed by atoms with E-state index in [1.165, 1.54) is 6.08 Å². The molecule has 1 aromatic heterocycles. The number of carbonyl (C=O) groups excluding carboxylic acids is 1. The van der Waals surface area contributed by atoms with Gasteiger partial charge in [0.1, 0.15) is 5.76 Å². The zero-order chi connectivity index (χ0) is 12.2. The molecule has 1 N–H and O–H groups in total. The van der Waals surface area contributed by atoms with Crippen LogP contribution in [0.15, 0.2) is 27.3 Å². The van der Waals surface area contributed by atoms with Crippen LogP contribution in [0.5, 0.6) is 0 Å². The summed E-state index contributed by atoms with van der Waals surface area (Å²) in [5, 5.41) is 0. The zero-order valence-electron chi connectivity index (χ0n) is 9.41. The molecule has 0 bridgehead atoms. The average molecular weight is 288 g/mol. The maximum atomic E-state index is 11.3. The van der Waals surface area contributed by atoms with Crippen LogP contribution in [0.25, 0.3) is 6.08 Å². The molecule has 16 heavy (non-hydrogen) atoms. The van der Waals surface area contributed by atoms with Gasteiger partial charge in [0.15, 0.2) is 4.67 Å². The van der Waals surface area contributed by atoms with Gasteiger partial charge in [-0.3, -0.25) is 9.63 Å². The predicted octanol–water partition coefficient (Wildman–Crippen LogP) is 2.90. The molecular weight excluding hydrogens is 274 g/mol. The fourth-order valence-electron chi connectivity index (χ4n) is 0.813. The monoisotopic (exact) mass is 287 g/mol. The fourth-order valence-corrected chi connectivity index (χ4v) is 1.13. The molecule has 0 aliphatic rings. The van der Waals surface area contributed by atoms with E-state index < -0.39 is 5.60 Å². The van der Waals surface area contributed by atoms with Crippen LogP contribution in [0, 0.1) is 0 Å². The Balaban J connectivity index is 2.43. The summed E-state index contributed by atoms with van der Waals surface area (Å²) in [5.41, 5.74) is 1.91. The molecule has 1 rings (SSSR count). The molecule has 0 radical (unpaired) electrons. The van der Waals surface area contributed by atoms with Crippen molar-refractivity contribution < 1.29 is 14.0 Å². The lowest BCUT2D eigenvalue weighted by molar-refractivity contribution is -0.140. The molecule has 1 aromatic rings. The minimum atomic E-state index is -0.406. The van der Waals surface area contributed by atoms with E-state index in [1.807, 2.05) is 20.8 Å². The van der Waals surface area contributed by atoms with Gasteiger partial charge in [-0.2, -0.15) is 0 Å². The van der Waals surface area contributed by atoms with E-state index in [-0.39, 0.29) is 5.91 Å². The van der Waals surface area contributed by atoms with Crippen molar-refractivity contribution in [2.24, 2.45) is 0 Å². The van der Waals surface area contributed by atoms with Crippen molar-refractivity contribution in [2.75, 3.05) is 0 Å². The van der Waals surface area contributed by atoms with E-state index in [0.29, 0.717) is 10.4 Å². The molecular formula is C11H14BrNO3. The van der Waals surface area contributed by atoms with Crippen molar-refractivity contribution in [1.29, 1.82) is 0 Å².